The molecule has 0 aliphatic heterocycles. The molecule has 126 valence electrons. The molecule has 0 N–H and O–H groups in total. The van der Waals surface area contributed by atoms with Gasteiger partial charge in [-0.1, -0.05) is 91.9 Å². The fourth-order valence-electron chi connectivity index (χ4n) is 2.87. The Balaban J connectivity index is 1.73. The first-order valence-electron chi connectivity index (χ1n) is 8.80. The second-order valence-electron chi connectivity index (χ2n) is 6.06. The van der Waals surface area contributed by atoms with Crippen molar-refractivity contribution in [3.63, 3.8) is 0 Å². The minimum absolute atomic E-state index is 0.718. The van der Waals surface area contributed by atoms with E-state index < -0.39 is 0 Å². The lowest BCUT2D eigenvalue weighted by molar-refractivity contribution is 0.910. The van der Waals surface area contributed by atoms with Gasteiger partial charge >= 0.3 is 0 Å². The van der Waals surface area contributed by atoms with E-state index in [-0.39, 0.29) is 0 Å². The van der Waals surface area contributed by atoms with Gasteiger partial charge in [0.25, 0.3) is 0 Å². The van der Waals surface area contributed by atoms with E-state index in [4.69, 9.17) is 4.98 Å². The van der Waals surface area contributed by atoms with Crippen LogP contribution in [0, 0.1) is 0 Å². The zero-order valence-electron chi connectivity index (χ0n) is 14.6. The van der Waals surface area contributed by atoms with E-state index in [2.05, 4.69) is 65.4 Å². The first-order chi connectivity index (χ1) is 12.8. The van der Waals surface area contributed by atoms with Crippen molar-refractivity contribution in [3.05, 3.63) is 90.8 Å². The Bertz CT molecular complexity index is 995. The van der Waals surface area contributed by atoms with Crippen molar-refractivity contribution < 1.29 is 0 Å². The lowest BCUT2D eigenvalue weighted by Gasteiger charge is -2.08. The highest BCUT2D eigenvalue weighted by Gasteiger charge is 2.09. The molecule has 0 atom stereocenters. The third-order valence-electron chi connectivity index (χ3n) is 4.28. The third kappa shape index (κ3) is 3.38. The van der Waals surface area contributed by atoms with Gasteiger partial charge in [-0.3, -0.25) is 0 Å². The molecule has 0 saturated heterocycles. The van der Waals surface area contributed by atoms with Gasteiger partial charge in [-0.2, -0.15) is 0 Å². The lowest BCUT2D eigenvalue weighted by Crippen LogP contribution is -2.02. The quantitative estimate of drug-likeness (QED) is 0.498. The average Bonchev–Trinajstić information content (AvgIpc) is 2.75. The third-order valence-corrected chi connectivity index (χ3v) is 4.28. The van der Waals surface area contributed by atoms with Gasteiger partial charge in [-0.25, -0.2) is 15.0 Å². The first-order valence-corrected chi connectivity index (χ1v) is 8.80. The van der Waals surface area contributed by atoms with Crippen LogP contribution in [0.1, 0.15) is 12.7 Å². The van der Waals surface area contributed by atoms with Gasteiger partial charge in [-0.05, 0) is 11.1 Å². The maximum absolute atomic E-state index is 4.70. The molecule has 1 aromatic heterocycles. The average molecular weight is 337 g/mol. The fraction of sp³-hybridized carbons (Fsp3) is 0.0870. The molecule has 0 aliphatic rings. The molecule has 1 heterocycles. The van der Waals surface area contributed by atoms with Gasteiger partial charge in [0.1, 0.15) is 5.82 Å². The number of benzene rings is 3. The topological polar surface area (TPSA) is 38.7 Å². The van der Waals surface area contributed by atoms with Crippen LogP contribution in [-0.4, -0.2) is 15.0 Å². The number of hydrogen-bond acceptors (Lipinski definition) is 3. The summed E-state index contributed by atoms with van der Waals surface area (Å²) in [4.78, 5) is 13.9. The predicted molar refractivity (Wildman–Crippen MR) is 106 cm³/mol. The standard InChI is InChI=1S/C23H19N3/c1-2-21-24-22(19-11-7-4-8-12-19)26-23(25-21)20-15-13-18(14-16-20)17-9-5-3-6-10-17/h3-16H,2H2,1H3. The fourth-order valence-corrected chi connectivity index (χ4v) is 2.87. The van der Waals surface area contributed by atoms with Crippen molar-refractivity contribution in [2.24, 2.45) is 0 Å². The highest BCUT2D eigenvalue weighted by atomic mass is 15.0. The summed E-state index contributed by atoms with van der Waals surface area (Å²) in [5.41, 5.74) is 4.39. The van der Waals surface area contributed by atoms with Crippen molar-refractivity contribution >= 4 is 0 Å². The summed E-state index contributed by atoms with van der Waals surface area (Å²) < 4.78 is 0. The van der Waals surface area contributed by atoms with Crippen LogP contribution in [0.3, 0.4) is 0 Å². The molecule has 4 aromatic rings. The van der Waals surface area contributed by atoms with Crippen LogP contribution in [0.25, 0.3) is 33.9 Å². The van der Waals surface area contributed by atoms with Gasteiger partial charge < -0.3 is 0 Å². The number of hydrogen-bond donors (Lipinski definition) is 0. The molecule has 0 fully saturated rings. The molecule has 0 saturated carbocycles. The van der Waals surface area contributed by atoms with E-state index in [1.54, 1.807) is 0 Å². The van der Waals surface area contributed by atoms with Gasteiger partial charge in [0.05, 0.1) is 0 Å². The van der Waals surface area contributed by atoms with Crippen molar-refractivity contribution in [2.75, 3.05) is 0 Å². The van der Waals surface area contributed by atoms with E-state index in [0.717, 1.165) is 35.0 Å². The molecule has 0 aliphatic carbocycles. The van der Waals surface area contributed by atoms with Crippen molar-refractivity contribution in [2.45, 2.75) is 13.3 Å². The summed E-state index contributed by atoms with van der Waals surface area (Å²) in [6.45, 7) is 2.06. The maximum Gasteiger partial charge on any atom is 0.163 e. The largest absolute Gasteiger partial charge is 0.213 e. The Morgan fingerprint density at radius 2 is 0.923 bits per heavy atom. The Hall–Kier alpha value is -3.33. The van der Waals surface area contributed by atoms with E-state index in [1.807, 2.05) is 36.4 Å². The monoisotopic (exact) mass is 337 g/mol. The first kappa shape index (κ1) is 16.2. The van der Waals surface area contributed by atoms with E-state index in [9.17, 15) is 0 Å². The van der Waals surface area contributed by atoms with E-state index in [1.165, 1.54) is 11.1 Å². The Labute approximate surface area is 153 Å². The molecule has 0 amide bonds. The summed E-state index contributed by atoms with van der Waals surface area (Å²) in [6.07, 6.45) is 0.775. The Kier molecular flexibility index (Phi) is 4.52. The molecule has 0 radical (unpaired) electrons. The minimum Gasteiger partial charge on any atom is -0.213 e. The molecule has 0 bridgehead atoms. The molecular formula is C23H19N3. The Morgan fingerprint density at radius 1 is 0.500 bits per heavy atom. The van der Waals surface area contributed by atoms with E-state index >= 15 is 0 Å². The molecule has 4 rings (SSSR count). The Morgan fingerprint density at radius 3 is 1.46 bits per heavy atom. The van der Waals surface area contributed by atoms with Crippen LogP contribution in [0.4, 0.5) is 0 Å². The van der Waals surface area contributed by atoms with Gasteiger partial charge in [0, 0.05) is 17.5 Å². The number of nitrogens with zero attached hydrogens (tertiary/aromatic N) is 3. The summed E-state index contributed by atoms with van der Waals surface area (Å²) >= 11 is 0. The summed E-state index contributed by atoms with van der Waals surface area (Å²) in [5.74, 6) is 2.25. The molecule has 3 heteroatoms. The second-order valence-corrected chi connectivity index (χ2v) is 6.06. The van der Waals surface area contributed by atoms with Gasteiger partial charge in [0.15, 0.2) is 11.6 Å². The molecule has 0 unspecified atom stereocenters. The summed E-state index contributed by atoms with van der Waals surface area (Å²) in [6, 6.07) is 28.8. The zero-order valence-corrected chi connectivity index (χ0v) is 14.6. The zero-order chi connectivity index (χ0) is 17.8. The SMILES string of the molecule is CCc1nc(-c2ccccc2)nc(-c2ccc(-c3ccccc3)cc2)n1. The number of aryl methyl sites for hydroxylation is 1. The van der Waals surface area contributed by atoms with Gasteiger partial charge in [0.2, 0.25) is 0 Å². The predicted octanol–water partition coefficient (Wildman–Crippen LogP) is 5.44. The maximum atomic E-state index is 4.70. The van der Waals surface area contributed by atoms with Gasteiger partial charge in [-0.15, -0.1) is 0 Å². The summed E-state index contributed by atoms with van der Waals surface area (Å²) in [7, 11) is 0. The van der Waals surface area contributed by atoms with Crippen LogP contribution in [0.5, 0.6) is 0 Å². The second kappa shape index (κ2) is 7.28. The number of rotatable bonds is 4. The van der Waals surface area contributed by atoms with Crippen molar-refractivity contribution in [1.29, 1.82) is 0 Å². The molecule has 26 heavy (non-hydrogen) atoms. The minimum atomic E-state index is 0.718. The highest BCUT2D eigenvalue weighted by molar-refractivity contribution is 5.68. The van der Waals surface area contributed by atoms with Crippen molar-refractivity contribution in [1.82, 2.24) is 15.0 Å². The smallest absolute Gasteiger partial charge is 0.163 e. The molecule has 3 nitrogen and oxygen atoms in total. The highest BCUT2D eigenvalue weighted by Crippen LogP contribution is 2.24. The van der Waals surface area contributed by atoms with E-state index in [0.29, 0.717) is 0 Å². The van der Waals surface area contributed by atoms with Crippen LogP contribution in [0.2, 0.25) is 0 Å². The molecule has 0 spiro atoms. The van der Waals surface area contributed by atoms with Crippen LogP contribution >= 0.6 is 0 Å². The normalized spacial score (nSPS) is 10.7. The molecule has 3 aromatic carbocycles. The van der Waals surface area contributed by atoms with Crippen LogP contribution in [0.15, 0.2) is 84.9 Å². The summed E-state index contributed by atoms with van der Waals surface area (Å²) in [5, 5.41) is 0. The van der Waals surface area contributed by atoms with Crippen molar-refractivity contribution in [3.8, 4) is 33.9 Å². The molecular weight excluding hydrogens is 318 g/mol. The number of aromatic nitrogens is 3. The van der Waals surface area contributed by atoms with Crippen LogP contribution in [-0.2, 0) is 6.42 Å². The van der Waals surface area contributed by atoms with Crippen LogP contribution < -0.4 is 0 Å². The lowest BCUT2D eigenvalue weighted by atomic mass is 10.0.